The Morgan fingerprint density at radius 1 is 1.38 bits per heavy atom. The van der Waals surface area contributed by atoms with Gasteiger partial charge in [0.15, 0.2) is 0 Å². The Bertz CT molecular complexity index is 325. The standard InChI is InChI=1S/C9H9BrIN.ClH/c10-6-1-2-8(11)7(5-6)9(12)3-4-9;/h1-2,5H,3-4,12H2;1H. The Kier molecular flexibility index (Phi) is 3.66. The van der Waals surface area contributed by atoms with E-state index in [1.165, 1.54) is 9.13 Å². The number of hydrogen-bond donors (Lipinski definition) is 1. The van der Waals surface area contributed by atoms with Gasteiger partial charge in [0.1, 0.15) is 0 Å². The van der Waals surface area contributed by atoms with Crippen molar-refractivity contribution in [2.24, 2.45) is 5.73 Å². The maximum atomic E-state index is 6.11. The molecule has 72 valence electrons. The van der Waals surface area contributed by atoms with Crippen molar-refractivity contribution in [2.75, 3.05) is 0 Å². The summed E-state index contributed by atoms with van der Waals surface area (Å²) in [5.41, 5.74) is 7.39. The second-order valence-corrected chi connectivity index (χ2v) is 5.36. The molecule has 0 aliphatic heterocycles. The van der Waals surface area contributed by atoms with Crippen LogP contribution < -0.4 is 5.73 Å². The molecule has 0 unspecified atom stereocenters. The van der Waals surface area contributed by atoms with Crippen LogP contribution in [0.4, 0.5) is 0 Å². The summed E-state index contributed by atoms with van der Waals surface area (Å²) in [6, 6.07) is 6.29. The van der Waals surface area contributed by atoms with Gasteiger partial charge in [-0.05, 0) is 59.2 Å². The molecule has 1 aromatic rings. The molecule has 2 rings (SSSR count). The third-order valence-electron chi connectivity index (χ3n) is 2.25. The van der Waals surface area contributed by atoms with E-state index in [0.717, 1.165) is 17.3 Å². The van der Waals surface area contributed by atoms with E-state index < -0.39 is 0 Å². The molecule has 1 fully saturated rings. The Balaban J connectivity index is 0.000000845. The van der Waals surface area contributed by atoms with Crippen LogP contribution in [0.1, 0.15) is 18.4 Å². The summed E-state index contributed by atoms with van der Waals surface area (Å²) in [7, 11) is 0. The van der Waals surface area contributed by atoms with Crippen molar-refractivity contribution in [3.63, 3.8) is 0 Å². The fourth-order valence-corrected chi connectivity index (χ4v) is 2.52. The van der Waals surface area contributed by atoms with Gasteiger partial charge < -0.3 is 5.73 Å². The highest BCUT2D eigenvalue weighted by Crippen LogP contribution is 2.44. The average Bonchev–Trinajstić information content (AvgIpc) is 2.75. The molecule has 4 heteroatoms. The number of benzene rings is 1. The Morgan fingerprint density at radius 3 is 2.54 bits per heavy atom. The molecule has 0 spiro atoms. The predicted molar refractivity (Wildman–Crippen MR) is 69.2 cm³/mol. The van der Waals surface area contributed by atoms with Gasteiger partial charge in [0.2, 0.25) is 0 Å². The third-order valence-corrected chi connectivity index (χ3v) is 3.69. The minimum absolute atomic E-state index is 0. The maximum Gasteiger partial charge on any atom is 0.0422 e. The molecule has 0 radical (unpaired) electrons. The van der Waals surface area contributed by atoms with Crippen molar-refractivity contribution in [3.8, 4) is 0 Å². The van der Waals surface area contributed by atoms with E-state index in [1.54, 1.807) is 0 Å². The molecule has 0 saturated heterocycles. The highest BCUT2D eigenvalue weighted by atomic mass is 127. The summed E-state index contributed by atoms with van der Waals surface area (Å²) in [5, 5.41) is 0. The summed E-state index contributed by atoms with van der Waals surface area (Å²) < 4.78 is 2.39. The number of hydrogen-bond acceptors (Lipinski definition) is 1. The van der Waals surface area contributed by atoms with Crippen LogP contribution >= 0.6 is 50.9 Å². The quantitative estimate of drug-likeness (QED) is 0.749. The van der Waals surface area contributed by atoms with Gasteiger partial charge in [-0.15, -0.1) is 12.4 Å². The fourth-order valence-electron chi connectivity index (χ4n) is 1.28. The Hall–Kier alpha value is 0.680. The zero-order chi connectivity index (χ0) is 8.77. The largest absolute Gasteiger partial charge is 0.321 e. The van der Waals surface area contributed by atoms with E-state index in [4.69, 9.17) is 5.73 Å². The molecule has 0 bridgehead atoms. The smallest absolute Gasteiger partial charge is 0.0422 e. The monoisotopic (exact) mass is 373 g/mol. The molecule has 2 N–H and O–H groups in total. The average molecular weight is 374 g/mol. The lowest BCUT2D eigenvalue weighted by molar-refractivity contribution is 0.734. The summed E-state index contributed by atoms with van der Waals surface area (Å²) in [4.78, 5) is 0. The molecule has 1 aromatic carbocycles. The van der Waals surface area contributed by atoms with Crippen LogP contribution in [0.3, 0.4) is 0 Å². The lowest BCUT2D eigenvalue weighted by atomic mass is 10.1. The summed E-state index contributed by atoms with van der Waals surface area (Å²) in [5.74, 6) is 0. The van der Waals surface area contributed by atoms with Gasteiger partial charge in [-0.25, -0.2) is 0 Å². The van der Waals surface area contributed by atoms with Crippen molar-refractivity contribution in [3.05, 3.63) is 31.8 Å². The molecule has 1 aliphatic rings. The van der Waals surface area contributed by atoms with Crippen LogP contribution in [-0.2, 0) is 5.54 Å². The number of nitrogens with two attached hydrogens (primary N) is 1. The molecule has 1 aliphatic carbocycles. The first-order valence-corrected chi connectivity index (χ1v) is 5.73. The number of halogens is 3. The van der Waals surface area contributed by atoms with Crippen molar-refractivity contribution in [1.82, 2.24) is 0 Å². The van der Waals surface area contributed by atoms with Crippen LogP contribution in [0.25, 0.3) is 0 Å². The molecule has 0 heterocycles. The van der Waals surface area contributed by atoms with Crippen molar-refractivity contribution in [2.45, 2.75) is 18.4 Å². The van der Waals surface area contributed by atoms with E-state index in [-0.39, 0.29) is 17.9 Å². The fraction of sp³-hybridized carbons (Fsp3) is 0.333. The maximum absolute atomic E-state index is 6.11. The first kappa shape index (κ1) is 11.8. The SMILES string of the molecule is Cl.NC1(c2cc(Br)ccc2I)CC1. The third kappa shape index (κ3) is 2.37. The van der Waals surface area contributed by atoms with Crippen LogP contribution in [0.2, 0.25) is 0 Å². The Labute approximate surface area is 106 Å². The van der Waals surface area contributed by atoms with E-state index in [2.05, 4.69) is 56.7 Å². The number of rotatable bonds is 1. The highest BCUT2D eigenvalue weighted by Gasteiger charge is 2.41. The second-order valence-electron chi connectivity index (χ2n) is 3.28. The lowest BCUT2D eigenvalue weighted by Gasteiger charge is -2.11. The molecular weight excluding hydrogens is 364 g/mol. The van der Waals surface area contributed by atoms with Gasteiger partial charge in [0, 0.05) is 13.6 Å². The molecule has 0 atom stereocenters. The minimum Gasteiger partial charge on any atom is -0.321 e. The molecule has 0 aromatic heterocycles. The normalized spacial score (nSPS) is 17.8. The zero-order valence-electron chi connectivity index (χ0n) is 6.89. The van der Waals surface area contributed by atoms with Gasteiger partial charge in [0.25, 0.3) is 0 Å². The van der Waals surface area contributed by atoms with E-state index in [0.29, 0.717) is 0 Å². The molecule has 0 amide bonds. The molecule has 1 nitrogen and oxygen atoms in total. The summed E-state index contributed by atoms with van der Waals surface area (Å²) in [6.45, 7) is 0. The van der Waals surface area contributed by atoms with E-state index in [1.807, 2.05) is 0 Å². The van der Waals surface area contributed by atoms with Crippen LogP contribution in [0.15, 0.2) is 22.7 Å². The van der Waals surface area contributed by atoms with E-state index >= 15 is 0 Å². The lowest BCUT2D eigenvalue weighted by Crippen LogP contribution is -2.19. The minimum atomic E-state index is -0.0136. The Morgan fingerprint density at radius 2 is 2.00 bits per heavy atom. The first-order chi connectivity index (χ1) is 5.62. The second kappa shape index (κ2) is 4.04. The highest BCUT2D eigenvalue weighted by molar-refractivity contribution is 14.1. The van der Waals surface area contributed by atoms with Crippen molar-refractivity contribution in [1.29, 1.82) is 0 Å². The topological polar surface area (TPSA) is 26.0 Å². The van der Waals surface area contributed by atoms with Gasteiger partial charge in [-0.3, -0.25) is 0 Å². The summed E-state index contributed by atoms with van der Waals surface area (Å²) in [6.07, 6.45) is 2.25. The van der Waals surface area contributed by atoms with Crippen LogP contribution in [0, 0.1) is 3.57 Å². The van der Waals surface area contributed by atoms with Crippen molar-refractivity contribution < 1.29 is 0 Å². The molecule has 1 saturated carbocycles. The van der Waals surface area contributed by atoms with Gasteiger partial charge in [0.05, 0.1) is 0 Å². The van der Waals surface area contributed by atoms with E-state index in [9.17, 15) is 0 Å². The van der Waals surface area contributed by atoms with Crippen LogP contribution in [0.5, 0.6) is 0 Å². The van der Waals surface area contributed by atoms with Gasteiger partial charge in [-0.1, -0.05) is 15.9 Å². The van der Waals surface area contributed by atoms with Gasteiger partial charge in [-0.2, -0.15) is 0 Å². The first-order valence-electron chi connectivity index (χ1n) is 3.86. The van der Waals surface area contributed by atoms with Crippen molar-refractivity contribution >= 4 is 50.9 Å². The summed E-state index contributed by atoms with van der Waals surface area (Å²) >= 11 is 5.80. The van der Waals surface area contributed by atoms with Crippen LogP contribution in [-0.4, -0.2) is 0 Å². The molecular formula is C9H10BrClIN. The predicted octanol–water partition coefficient (Wildman–Crippen LogP) is 3.42. The zero-order valence-corrected chi connectivity index (χ0v) is 11.4. The molecule has 13 heavy (non-hydrogen) atoms. The van der Waals surface area contributed by atoms with Gasteiger partial charge >= 0.3 is 0 Å².